The van der Waals surface area contributed by atoms with E-state index in [2.05, 4.69) is 19.9 Å². The summed E-state index contributed by atoms with van der Waals surface area (Å²) in [6, 6.07) is 6.10. The smallest absolute Gasteiger partial charge is 0.227 e. The summed E-state index contributed by atoms with van der Waals surface area (Å²) in [5.74, 6) is 1.84. The first kappa shape index (κ1) is 17.8. The van der Waals surface area contributed by atoms with Gasteiger partial charge in [-0.3, -0.25) is 9.59 Å². The highest BCUT2D eigenvalue weighted by molar-refractivity contribution is 5.82. The Morgan fingerprint density at radius 3 is 2.32 bits per heavy atom. The van der Waals surface area contributed by atoms with Crippen molar-refractivity contribution in [1.29, 1.82) is 0 Å². The Kier molecular flexibility index (Phi) is 5.30. The van der Waals surface area contributed by atoms with E-state index in [0.717, 1.165) is 24.2 Å². The van der Waals surface area contributed by atoms with Crippen LogP contribution in [0, 0.1) is 5.92 Å². The van der Waals surface area contributed by atoms with Gasteiger partial charge in [0.25, 0.3) is 0 Å². The van der Waals surface area contributed by atoms with Crippen molar-refractivity contribution in [3.05, 3.63) is 29.3 Å². The zero-order valence-corrected chi connectivity index (χ0v) is 15.5. The van der Waals surface area contributed by atoms with E-state index in [1.54, 1.807) is 7.11 Å². The lowest BCUT2D eigenvalue weighted by atomic mass is 9.99. The second kappa shape index (κ2) is 7.46. The van der Waals surface area contributed by atoms with Crippen LogP contribution in [-0.4, -0.2) is 54.9 Å². The molecule has 0 aromatic heterocycles. The molecule has 2 fully saturated rings. The summed E-state index contributed by atoms with van der Waals surface area (Å²) in [6.45, 7) is 6.85. The van der Waals surface area contributed by atoms with Crippen LogP contribution in [0.4, 0.5) is 0 Å². The maximum Gasteiger partial charge on any atom is 0.227 e. The van der Waals surface area contributed by atoms with Gasteiger partial charge in [-0.15, -0.1) is 0 Å². The Bertz CT molecular complexity index is 644. The number of carbonyl (C=O) groups is 2. The summed E-state index contributed by atoms with van der Waals surface area (Å²) in [7, 11) is 1.65. The van der Waals surface area contributed by atoms with E-state index in [1.807, 2.05) is 21.9 Å². The first-order valence-electron chi connectivity index (χ1n) is 9.23. The van der Waals surface area contributed by atoms with Gasteiger partial charge in [0.15, 0.2) is 0 Å². The van der Waals surface area contributed by atoms with Crippen molar-refractivity contribution in [3.8, 4) is 5.75 Å². The molecule has 5 heteroatoms. The molecule has 2 aliphatic rings. The molecule has 0 radical (unpaired) electrons. The molecule has 5 nitrogen and oxygen atoms in total. The van der Waals surface area contributed by atoms with Gasteiger partial charge in [-0.2, -0.15) is 0 Å². The van der Waals surface area contributed by atoms with E-state index in [1.165, 1.54) is 5.56 Å². The van der Waals surface area contributed by atoms with Crippen molar-refractivity contribution in [1.82, 2.24) is 9.80 Å². The van der Waals surface area contributed by atoms with E-state index in [0.29, 0.717) is 38.5 Å². The van der Waals surface area contributed by atoms with Crippen molar-refractivity contribution in [2.24, 2.45) is 5.92 Å². The van der Waals surface area contributed by atoms with Crippen LogP contribution in [0.15, 0.2) is 18.2 Å². The van der Waals surface area contributed by atoms with Gasteiger partial charge in [0, 0.05) is 37.7 Å². The van der Waals surface area contributed by atoms with E-state index < -0.39 is 0 Å². The molecule has 136 valence electrons. The highest BCUT2D eigenvalue weighted by Crippen LogP contribution is 2.31. The van der Waals surface area contributed by atoms with Gasteiger partial charge in [0.1, 0.15) is 5.75 Å². The molecule has 0 N–H and O–H groups in total. The first-order valence-corrected chi connectivity index (χ1v) is 9.23. The van der Waals surface area contributed by atoms with Crippen LogP contribution in [0.5, 0.6) is 5.75 Å². The van der Waals surface area contributed by atoms with Gasteiger partial charge >= 0.3 is 0 Å². The molecule has 1 aromatic carbocycles. The van der Waals surface area contributed by atoms with Gasteiger partial charge in [-0.1, -0.05) is 26.0 Å². The molecule has 1 saturated heterocycles. The highest BCUT2D eigenvalue weighted by Gasteiger charge is 2.35. The molecule has 0 atom stereocenters. The lowest BCUT2D eigenvalue weighted by Gasteiger charge is -2.35. The minimum atomic E-state index is 0.106. The number of ether oxygens (including phenoxy) is 1. The molecule has 1 aromatic rings. The molecule has 1 saturated carbocycles. The summed E-state index contributed by atoms with van der Waals surface area (Å²) in [5, 5.41) is 0. The number of nitrogens with zero attached hydrogens (tertiary/aromatic N) is 2. The number of hydrogen-bond donors (Lipinski definition) is 0. The van der Waals surface area contributed by atoms with Crippen LogP contribution in [-0.2, 0) is 16.0 Å². The number of methoxy groups -OCH3 is 1. The molecule has 1 heterocycles. The fourth-order valence-electron chi connectivity index (χ4n) is 3.31. The van der Waals surface area contributed by atoms with E-state index >= 15 is 0 Å². The summed E-state index contributed by atoms with van der Waals surface area (Å²) in [4.78, 5) is 28.5. The molecule has 0 unspecified atom stereocenters. The highest BCUT2D eigenvalue weighted by atomic mass is 16.5. The number of carbonyl (C=O) groups excluding carboxylic acids is 2. The summed E-state index contributed by atoms with van der Waals surface area (Å²) < 4.78 is 5.48. The van der Waals surface area contributed by atoms with Crippen molar-refractivity contribution in [2.75, 3.05) is 33.3 Å². The Morgan fingerprint density at radius 1 is 1.12 bits per heavy atom. The van der Waals surface area contributed by atoms with E-state index in [4.69, 9.17) is 4.74 Å². The van der Waals surface area contributed by atoms with E-state index in [9.17, 15) is 9.59 Å². The molecular formula is C20H28N2O3. The summed E-state index contributed by atoms with van der Waals surface area (Å²) >= 11 is 0. The fraction of sp³-hybridized carbons (Fsp3) is 0.600. The molecule has 0 spiro atoms. The minimum absolute atomic E-state index is 0.106. The molecule has 25 heavy (non-hydrogen) atoms. The normalized spacial score (nSPS) is 17.8. The average Bonchev–Trinajstić information content (AvgIpc) is 3.46. The van der Waals surface area contributed by atoms with Crippen LogP contribution in [0.2, 0.25) is 0 Å². The summed E-state index contributed by atoms with van der Waals surface area (Å²) in [5.41, 5.74) is 2.13. The Hall–Kier alpha value is -2.04. The minimum Gasteiger partial charge on any atom is -0.496 e. The van der Waals surface area contributed by atoms with Gasteiger partial charge in [-0.05, 0) is 30.4 Å². The topological polar surface area (TPSA) is 49.9 Å². The lowest BCUT2D eigenvalue weighted by molar-refractivity contribution is -0.140. The predicted octanol–water partition coefficient (Wildman–Crippen LogP) is 2.44. The lowest BCUT2D eigenvalue weighted by Crippen LogP contribution is -2.51. The quantitative estimate of drug-likeness (QED) is 0.824. The zero-order valence-electron chi connectivity index (χ0n) is 15.5. The number of amides is 2. The van der Waals surface area contributed by atoms with Gasteiger partial charge < -0.3 is 14.5 Å². The predicted molar refractivity (Wildman–Crippen MR) is 96.7 cm³/mol. The zero-order chi connectivity index (χ0) is 18.0. The molecule has 1 aliphatic carbocycles. The molecule has 0 bridgehead atoms. The second-order valence-electron chi connectivity index (χ2n) is 7.38. The van der Waals surface area contributed by atoms with Crippen LogP contribution in [0.25, 0.3) is 0 Å². The van der Waals surface area contributed by atoms with Crippen molar-refractivity contribution in [3.63, 3.8) is 0 Å². The maximum absolute atomic E-state index is 12.6. The second-order valence-corrected chi connectivity index (χ2v) is 7.38. The third-order valence-electron chi connectivity index (χ3n) is 5.19. The van der Waals surface area contributed by atoms with Crippen molar-refractivity contribution < 1.29 is 14.3 Å². The molecule has 3 rings (SSSR count). The van der Waals surface area contributed by atoms with Crippen LogP contribution < -0.4 is 4.74 Å². The maximum atomic E-state index is 12.6. The van der Waals surface area contributed by atoms with Crippen LogP contribution in [0.3, 0.4) is 0 Å². The largest absolute Gasteiger partial charge is 0.496 e. The third-order valence-corrected chi connectivity index (χ3v) is 5.19. The van der Waals surface area contributed by atoms with Gasteiger partial charge in [0.2, 0.25) is 11.8 Å². The molecule has 2 amide bonds. The van der Waals surface area contributed by atoms with Crippen LogP contribution >= 0.6 is 0 Å². The fourth-order valence-corrected chi connectivity index (χ4v) is 3.31. The standard InChI is InChI=1S/C20H28N2O3/c1-14(2)16-6-7-17(18(12-16)25-3)13-19(23)21-8-10-22(11-9-21)20(24)15-4-5-15/h6-7,12,14-15H,4-5,8-11,13H2,1-3H3. The Balaban J connectivity index is 1.58. The number of piperazine rings is 1. The monoisotopic (exact) mass is 344 g/mol. The van der Waals surface area contributed by atoms with Gasteiger partial charge in [-0.25, -0.2) is 0 Å². The first-order chi connectivity index (χ1) is 12.0. The average molecular weight is 344 g/mol. The van der Waals surface area contributed by atoms with Gasteiger partial charge in [0.05, 0.1) is 13.5 Å². The number of rotatable bonds is 5. The Labute approximate surface area is 149 Å². The van der Waals surface area contributed by atoms with Crippen LogP contribution in [0.1, 0.15) is 43.7 Å². The number of hydrogen-bond acceptors (Lipinski definition) is 3. The number of benzene rings is 1. The van der Waals surface area contributed by atoms with E-state index in [-0.39, 0.29) is 17.7 Å². The van der Waals surface area contributed by atoms with Crippen molar-refractivity contribution in [2.45, 2.75) is 39.0 Å². The SMILES string of the molecule is COc1cc(C(C)C)ccc1CC(=O)N1CCN(C(=O)C2CC2)CC1. The summed E-state index contributed by atoms with van der Waals surface area (Å²) in [6.07, 6.45) is 2.41. The Morgan fingerprint density at radius 2 is 1.76 bits per heavy atom. The molecular weight excluding hydrogens is 316 g/mol. The third kappa shape index (κ3) is 4.14. The molecule has 1 aliphatic heterocycles. The van der Waals surface area contributed by atoms with Crippen molar-refractivity contribution >= 4 is 11.8 Å².